The van der Waals surface area contributed by atoms with Crippen LogP contribution in [0.25, 0.3) is 0 Å². The zero-order chi connectivity index (χ0) is 20.3. The summed E-state index contributed by atoms with van der Waals surface area (Å²) in [5.74, 6) is 1.17. The number of hydrogen-bond donors (Lipinski definition) is 0. The highest BCUT2D eigenvalue weighted by atomic mass is 16.5. The Morgan fingerprint density at radius 1 is 1.25 bits per heavy atom. The second-order valence-corrected chi connectivity index (χ2v) is 6.92. The van der Waals surface area contributed by atoms with E-state index in [4.69, 9.17) is 9.26 Å². The Kier molecular flexibility index (Phi) is 5.82. The van der Waals surface area contributed by atoms with Crippen LogP contribution in [0.5, 0.6) is 5.75 Å². The van der Waals surface area contributed by atoms with E-state index in [2.05, 4.69) is 10.3 Å². The highest BCUT2D eigenvalue weighted by molar-refractivity contribution is 5.93. The second kappa shape index (κ2) is 8.29. The van der Waals surface area contributed by atoms with E-state index < -0.39 is 0 Å². The average Bonchev–Trinajstić information content (AvgIpc) is 3.27. The zero-order valence-corrected chi connectivity index (χ0v) is 17.0. The van der Waals surface area contributed by atoms with Crippen molar-refractivity contribution in [1.29, 1.82) is 0 Å². The van der Waals surface area contributed by atoms with Crippen LogP contribution in [-0.2, 0) is 19.7 Å². The van der Waals surface area contributed by atoms with E-state index in [9.17, 15) is 4.79 Å². The van der Waals surface area contributed by atoms with E-state index in [0.717, 1.165) is 29.1 Å². The summed E-state index contributed by atoms with van der Waals surface area (Å²) >= 11 is 0. The molecule has 7 nitrogen and oxygen atoms in total. The lowest BCUT2D eigenvalue weighted by Gasteiger charge is -2.17. The lowest BCUT2D eigenvalue weighted by molar-refractivity contribution is 0.0768. The van der Waals surface area contributed by atoms with Gasteiger partial charge < -0.3 is 14.2 Å². The number of aryl methyl sites for hydroxylation is 4. The third-order valence-electron chi connectivity index (χ3n) is 4.75. The molecule has 0 atom stereocenters. The summed E-state index contributed by atoms with van der Waals surface area (Å²) in [4.78, 5) is 14.6. The molecule has 0 aliphatic rings. The minimum absolute atomic E-state index is 0.208. The minimum atomic E-state index is -0.208. The van der Waals surface area contributed by atoms with Crippen LogP contribution in [0, 0.1) is 20.8 Å². The molecule has 0 saturated carbocycles. The number of carbonyl (C=O) groups excluding carboxylic acids is 1. The molecule has 0 radical (unpaired) electrons. The number of aromatic nitrogens is 3. The van der Waals surface area contributed by atoms with Crippen LogP contribution in [0.1, 0.15) is 45.6 Å². The van der Waals surface area contributed by atoms with Gasteiger partial charge in [-0.25, -0.2) is 0 Å². The highest BCUT2D eigenvalue weighted by Gasteiger charge is 2.24. The zero-order valence-electron chi connectivity index (χ0n) is 17.0. The van der Waals surface area contributed by atoms with E-state index >= 15 is 0 Å². The molecule has 0 saturated heterocycles. The molecule has 0 spiro atoms. The average molecular weight is 382 g/mol. The summed E-state index contributed by atoms with van der Waals surface area (Å²) in [6.07, 6.45) is 1.74. The number of amides is 1. The Labute approximate surface area is 164 Å². The Bertz CT molecular complexity index is 974. The molecule has 7 heteroatoms. The monoisotopic (exact) mass is 382 g/mol. The van der Waals surface area contributed by atoms with Gasteiger partial charge in [-0.15, -0.1) is 0 Å². The van der Waals surface area contributed by atoms with Crippen molar-refractivity contribution in [2.24, 2.45) is 0 Å². The predicted octanol–water partition coefficient (Wildman–Crippen LogP) is 3.67. The molecule has 0 unspecified atom stereocenters. The number of rotatable bonds is 7. The molecule has 1 amide bonds. The van der Waals surface area contributed by atoms with Gasteiger partial charge in [-0.05, 0) is 51.0 Å². The fourth-order valence-corrected chi connectivity index (χ4v) is 3.02. The Hall–Kier alpha value is -3.09. The smallest absolute Gasteiger partial charge is 0.276 e. The van der Waals surface area contributed by atoms with Crippen molar-refractivity contribution in [2.75, 3.05) is 7.05 Å². The van der Waals surface area contributed by atoms with Crippen molar-refractivity contribution < 1.29 is 14.1 Å². The van der Waals surface area contributed by atoms with Crippen LogP contribution in [0.3, 0.4) is 0 Å². The molecule has 0 fully saturated rings. The third-order valence-corrected chi connectivity index (χ3v) is 4.75. The molecule has 148 valence electrons. The van der Waals surface area contributed by atoms with Crippen LogP contribution in [-0.4, -0.2) is 32.8 Å². The van der Waals surface area contributed by atoms with E-state index in [1.165, 1.54) is 0 Å². The summed E-state index contributed by atoms with van der Waals surface area (Å²) in [7, 11) is 1.74. The van der Waals surface area contributed by atoms with Crippen molar-refractivity contribution in [3.05, 3.63) is 64.3 Å². The maximum atomic E-state index is 13.0. The number of carbonyl (C=O) groups is 1. The van der Waals surface area contributed by atoms with Gasteiger partial charge >= 0.3 is 0 Å². The Balaban J connectivity index is 1.76. The predicted molar refractivity (Wildman–Crippen MR) is 105 cm³/mol. The summed E-state index contributed by atoms with van der Waals surface area (Å²) < 4.78 is 13.1. The molecule has 2 heterocycles. The summed E-state index contributed by atoms with van der Waals surface area (Å²) in [6, 6.07) is 7.95. The summed E-state index contributed by atoms with van der Waals surface area (Å²) in [5, 5.41) is 8.24. The van der Waals surface area contributed by atoms with Gasteiger partial charge in [-0.2, -0.15) is 5.10 Å². The first-order valence-corrected chi connectivity index (χ1v) is 9.32. The van der Waals surface area contributed by atoms with Gasteiger partial charge in [-0.1, -0.05) is 17.3 Å². The fourth-order valence-electron chi connectivity index (χ4n) is 3.02. The van der Waals surface area contributed by atoms with Gasteiger partial charge in [0.15, 0.2) is 5.69 Å². The van der Waals surface area contributed by atoms with Gasteiger partial charge in [0, 0.05) is 19.8 Å². The SMILES string of the molecule is CCn1nccc1CN(C)C(=O)c1noc(C)c1COc1cc(C)ccc1C. The van der Waals surface area contributed by atoms with Crippen LogP contribution in [0.2, 0.25) is 0 Å². The number of benzene rings is 1. The first-order valence-electron chi connectivity index (χ1n) is 9.32. The molecule has 0 aliphatic heterocycles. The van der Waals surface area contributed by atoms with E-state index in [-0.39, 0.29) is 18.2 Å². The summed E-state index contributed by atoms with van der Waals surface area (Å²) in [5.41, 5.74) is 4.07. The minimum Gasteiger partial charge on any atom is -0.488 e. The maximum Gasteiger partial charge on any atom is 0.276 e. The third kappa shape index (κ3) is 4.08. The van der Waals surface area contributed by atoms with Crippen molar-refractivity contribution in [3.63, 3.8) is 0 Å². The first kappa shape index (κ1) is 19.7. The number of hydrogen-bond acceptors (Lipinski definition) is 5. The molecular weight excluding hydrogens is 356 g/mol. The second-order valence-electron chi connectivity index (χ2n) is 6.92. The van der Waals surface area contributed by atoms with Crippen LogP contribution in [0.4, 0.5) is 0 Å². The van der Waals surface area contributed by atoms with Crippen molar-refractivity contribution in [1.82, 2.24) is 19.8 Å². The normalized spacial score (nSPS) is 10.9. The van der Waals surface area contributed by atoms with Gasteiger partial charge in [0.2, 0.25) is 0 Å². The molecule has 3 aromatic rings. The van der Waals surface area contributed by atoms with Crippen LogP contribution < -0.4 is 4.74 Å². The molecule has 0 aliphatic carbocycles. The lowest BCUT2D eigenvalue weighted by Crippen LogP contribution is -2.28. The van der Waals surface area contributed by atoms with E-state index in [0.29, 0.717) is 17.9 Å². The van der Waals surface area contributed by atoms with E-state index in [1.54, 1.807) is 25.1 Å². The standard InChI is InChI=1S/C21H26N4O3/c1-6-25-17(9-10-22-25)12-24(5)21(26)20-18(16(4)28-23-20)13-27-19-11-14(2)7-8-15(19)3/h7-11H,6,12-13H2,1-5H3. The molecule has 0 bridgehead atoms. The molecule has 3 rings (SSSR count). The quantitative estimate of drug-likeness (QED) is 0.623. The number of ether oxygens (including phenoxy) is 1. The first-order chi connectivity index (χ1) is 13.4. The molecule has 2 aromatic heterocycles. The molecular formula is C21H26N4O3. The van der Waals surface area contributed by atoms with Crippen molar-refractivity contribution in [3.8, 4) is 5.75 Å². The lowest BCUT2D eigenvalue weighted by atomic mass is 10.1. The Morgan fingerprint density at radius 2 is 2.04 bits per heavy atom. The summed E-state index contributed by atoms with van der Waals surface area (Å²) in [6.45, 7) is 9.23. The molecule has 1 aromatic carbocycles. The van der Waals surface area contributed by atoms with Crippen molar-refractivity contribution >= 4 is 5.91 Å². The number of nitrogens with zero attached hydrogens (tertiary/aromatic N) is 4. The Morgan fingerprint density at radius 3 is 2.79 bits per heavy atom. The maximum absolute atomic E-state index is 13.0. The van der Waals surface area contributed by atoms with Gasteiger partial charge in [-0.3, -0.25) is 9.48 Å². The van der Waals surface area contributed by atoms with Gasteiger partial charge in [0.1, 0.15) is 18.1 Å². The van der Waals surface area contributed by atoms with Gasteiger partial charge in [0.05, 0.1) is 17.8 Å². The fraction of sp³-hybridized carbons (Fsp3) is 0.381. The van der Waals surface area contributed by atoms with Crippen LogP contribution >= 0.6 is 0 Å². The molecule has 0 N–H and O–H groups in total. The largest absolute Gasteiger partial charge is 0.488 e. The van der Waals surface area contributed by atoms with Crippen LogP contribution in [0.15, 0.2) is 35.0 Å². The van der Waals surface area contributed by atoms with Crippen molar-refractivity contribution in [2.45, 2.75) is 47.4 Å². The topological polar surface area (TPSA) is 73.4 Å². The van der Waals surface area contributed by atoms with Gasteiger partial charge in [0.25, 0.3) is 5.91 Å². The highest BCUT2D eigenvalue weighted by Crippen LogP contribution is 2.23. The molecule has 28 heavy (non-hydrogen) atoms. The van der Waals surface area contributed by atoms with E-state index in [1.807, 2.05) is 49.7 Å².